The fourth-order valence-corrected chi connectivity index (χ4v) is 1.44. The Morgan fingerprint density at radius 3 is 2.32 bits per heavy atom. The maximum Gasteiger partial charge on any atom is 0.147 e. The summed E-state index contributed by atoms with van der Waals surface area (Å²) in [6.07, 6.45) is 3.73. The maximum absolute atomic E-state index is 13.8. The van der Waals surface area contributed by atoms with E-state index in [1.807, 2.05) is 64.1 Å². The van der Waals surface area contributed by atoms with Gasteiger partial charge < -0.3 is 4.74 Å². The molecule has 0 saturated heterocycles. The molecule has 0 spiro atoms. The van der Waals surface area contributed by atoms with Crippen LogP contribution in [0.2, 0.25) is 0 Å². The fraction of sp³-hybridized carbons (Fsp3) is 0.412. The fourth-order valence-electron chi connectivity index (χ4n) is 1.44. The van der Waals surface area contributed by atoms with E-state index in [1.165, 1.54) is 0 Å². The summed E-state index contributed by atoms with van der Waals surface area (Å²) in [7, 11) is 0. The molecule has 1 aromatic rings. The van der Waals surface area contributed by atoms with E-state index >= 15 is 0 Å². The molecular weight excluding hydrogens is 239 g/mol. The highest BCUT2D eigenvalue weighted by atomic mass is 19.1. The summed E-state index contributed by atoms with van der Waals surface area (Å²) in [5.41, 5.74) is 0.978. The molecule has 19 heavy (non-hydrogen) atoms. The van der Waals surface area contributed by atoms with Crippen LogP contribution < -0.4 is 4.74 Å². The third-order valence-corrected chi connectivity index (χ3v) is 2.55. The summed E-state index contributed by atoms with van der Waals surface area (Å²) < 4.78 is 19.3. The zero-order valence-electron chi connectivity index (χ0n) is 12.6. The Labute approximate surface area is 116 Å². The average Bonchev–Trinajstić information content (AvgIpc) is 2.47. The van der Waals surface area contributed by atoms with Crippen molar-refractivity contribution in [3.05, 3.63) is 53.9 Å². The van der Waals surface area contributed by atoms with Crippen LogP contribution in [0, 0.1) is 0 Å². The molecule has 0 aromatic heterocycles. The van der Waals surface area contributed by atoms with Crippen molar-refractivity contribution in [2.75, 3.05) is 0 Å². The largest absolute Gasteiger partial charge is 0.484 e. The first kappa shape index (κ1) is 17.4. The molecule has 2 heteroatoms. The number of ether oxygens (including phenoxy) is 1. The Morgan fingerprint density at radius 1 is 1.26 bits per heavy atom. The van der Waals surface area contributed by atoms with E-state index in [4.69, 9.17) is 4.74 Å². The lowest BCUT2D eigenvalue weighted by Gasteiger charge is -2.13. The average molecular weight is 264 g/mol. The number of benzene rings is 1. The molecule has 1 unspecified atom stereocenters. The van der Waals surface area contributed by atoms with Gasteiger partial charge in [-0.25, -0.2) is 4.39 Å². The molecule has 0 N–H and O–H groups in total. The molecular formula is C17H25FO. The molecule has 0 fully saturated rings. The predicted molar refractivity (Wildman–Crippen MR) is 81.1 cm³/mol. The van der Waals surface area contributed by atoms with Crippen molar-refractivity contribution in [3.63, 3.8) is 0 Å². The molecule has 0 aliphatic heterocycles. The monoisotopic (exact) mass is 264 g/mol. The predicted octanol–water partition coefficient (Wildman–Crippen LogP) is 5.69. The van der Waals surface area contributed by atoms with E-state index in [1.54, 1.807) is 13.0 Å². The minimum Gasteiger partial charge on any atom is -0.484 e. The summed E-state index contributed by atoms with van der Waals surface area (Å²) in [6.45, 7) is 9.62. The van der Waals surface area contributed by atoms with Gasteiger partial charge in [-0.1, -0.05) is 45.0 Å². The second-order valence-corrected chi connectivity index (χ2v) is 3.82. The van der Waals surface area contributed by atoms with Crippen molar-refractivity contribution in [3.8, 4) is 5.75 Å². The quantitative estimate of drug-likeness (QED) is 0.621. The van der Waals surface area contributed by atoms with E-state index in [-0.39, 0.29) is 5.83 Å². The van der Waals surface area contributed by atoms with E-state index in [0.717, 1.165) is 12.0 Å². The lowest BCUT2D eigenvalue weighted by atomic mass is 10.1. The SMILES string of the molecule is C/C=C(\C=C(\F)C(C)Oc1ccccc1)CC.CC. The Morgan fingerprint density at radius 2 is 1.84 bits per heavy atom. The summed E-state index contributed by atoms with van der Waals surface area (Å²) in [5, 5.41) is 0. The molecule has 1 nitrogen and oxygen atoms in total. The number of allylic oxidation sites excluding steroid dienone is 3. The Kier molecular flexibility index (Phi) is 9.51. The molecule has 0 heterocycles. The van der Waals surface area contributed by atoms with Crippen molar-refractivity contribution in [1.82, 2.24) is 0 Å². The van der Waals surface area contributed by atoms with Gasteiger partial charge >= 0.3 is 0 Å². The Balaban J connectivity index is 0.00000154. The molecule has 0 saturated carbocycles. The van der Waals surface area contributed by atoms with Crippen LogP contribution in [0.4, 0.5) is 4.39 Å². The van der Waals surface area contributed by atoms with Gasteiger partial charge in [-0.3, -0.25) is 0 Å². The minimum absolute atomic E-state index is 0.246. The molecule has 0 amide bonds. The van der Waals surface area contributed by atoms with Gasteiger partial charge in [0.2, 0.25) is 0 Å². The topological polar surface area (TPSA) is 9.23 Å². The van der Waals surface area contributed by atoms with Crippen molar-refractivity contribution in [2.24, 2.45) is 0 Å². The van der Waals surface area contributed by atoms with Gasteiger partial charge in [-0.2, -0.15) is 0 Å². The number of halogens is 1. The molecule has 0 aliphatic carbocycles. The van der Waals surface area contributed by atoms with Crippen LogP contribution in [0.15, 0.2) is 53.9 Å². The molecule has 0 bridgehead atoms. The molecule has 1 rings (SSSR count). The smallest absolute Gasteiger partial charge is 0.147 e. The molecule has 1 atom stereocenters. The van der Waals surface area contributed by atoms with Gasteiger partial charge in [-0.05, 0) is 44.1 Å². The van der Waals surface area contributed by atoms with Crippen LogP contribution >= 0.6 is 0 Å². The highest BCUT2D eigenvalue weighted by Gasteiger charge is 2.10. The minimum atomic E-state index is -0.557. The number of rotatable bonds is 5. The second-order valence-electron chi connectivity index (χ2n) is 3.82. The third-order valence-electron chi connectivity index (χ3n) is 2.55. The number of para-hydroxylation sites is 1. The summed E-state index contributed by atoms with van der Waals surface area (Å²) >= 11 is 0. The van der Waals surface area contributed by atoms with E-state index in [0.29, 0.717) is 5.75 Å². The zero-order chi connectivity index (χ0) is 14.7. The summed E-state index contributed by atoms with van der Waals surface area (Å²) in [6, 6.07) is 9.28. The van der Waals surface area contributed by atoms with Gasteiger partial charge in [-0.15, -0.1) is 0 Å². The van der Waals surface area contributed by atoms with Crippen molar-refractivity contribution in [1.29, 1.82) is 0 Å². The summed E-state index contributed by atoms with van der Waals surface area (Å²) in [5.74, 6) is 0.436. The van der Waals surface area contributed by atoms with Crippen LogP contribution in [0.1, 0.15) is 41.0 Å². The van der Waals surface area contributed by atoms with E-state index in [9.17, 15) is 4.39 Å². The first-order valence-electron chi connectivity index (χ1n) is 6.91. The first-order valence-corrected chi connectivity index (χ1v) is 6.91. The van der Waals surface area contributed by atoms with Gasteiger partial charge in [0, 0.05) is 0 Å². The maximum atomic E-state index is 13.8. The van der Waals surface area contributed by atoms with Crippen LogP contribution in [-0.2, 0) is 0 Å². The lowest BCUT2D eigenvalue weighted by Crippen LogP contribution is -2.12. The van der Waals surface area contributed by atoms with E-state index < -0.39 is 6.10 Å². The molecule has 1 aromatic carbocycles. The van der Waals surface area contributed by atoms with Gasteiger partial charge in [0.25, 0.3) is 0 Å². The second kappa shape index (κ2) is 10.4. The van der Waals surface area contributed by atoms with Gasteiger partial charge in [0.1, 0.15) is 17.7 Å². The van der Waals surface area contributed by atoms with Gasteiger partial charge in [0.05, 0.1) is 0 Å². The van der Waals surface area contributed by atoms with Crippen LogP contribution in [-0.4, -0.2) is 6.10 Å². The normalized spacial score (nSPS) is 13.4. The number of hydrogen-bond acceptors (Lipinski definition) is 1. The molecule has 106 valence electrons. The van der Waals surface area contributed by atoms with Crippen LogP contribution in [0.5, 0.6) is 5.75 Å². The zero-order valence-corrected chi connectivity index (χ0v) is 12.6. The number of hydrogen-bond donors (Lipinski definition) is 0. The van der Waals surface area contributed by atoms with Crippen molar-refractivity contribution >= 4 is 0 Å². The van der Waals surface area contributed by atoms with Crippen molar-refractivity contribution in [2.45, 2.75) is 47.1 Å². The molecule has 0 radical (unpaired) electrons. The van der Waals surface area contributed by atoms with E-state index in [2.05, 4.69) is 0 Å². The Hall–Kier alpha value is -1.57. The third kappa shape index (κ3) is 6.80. The standard InChI is InChI=1S/C15H19FO.C2H6/c1-4-13(5-2)11-15(16)12(3)17-14-9-7-6-8-10-14;1-2/h4,6-12H,5H2,1-3H3;1-2H3/b13-4-,15-11+;. The highest BCUT2D eigenvalue weighted by molar-refractivity contribution is 5.25. The Bertz CT molecular complexity index is 393. The van der Waals surface area contributed by atoms with Crippen LogP contribution in [0.3, 0.4) is 0 Å². The lowest BCUT2D eigenvalue weighted by molar-refractivity contribution is 0.226. The van der Waals surface area contributed by atoms with Crippen LogP contribution in [0.25, 0.3) is 0 Å². The van der Waals surface area contributed by atoms with Crippen molar-refractivity contribution < 1.29 is 9.13 Å². The summed E-state index contributed by atoms with van der Waals surface area (Å²) in [4.78, 5) is 0. The molecule has 0 aliphatic rings. The van der Waals surface area contributed by atoms with Gasteiger partial charge in [0.15, 0.2) is 0 Å². The highest BCUT2D eigenvalue weighted by Crippen LogP contribution is 2.17. The first-order chi connectivity index (χ1) is 9.17.